The molecule has 20 heteroatoms. The van der Waals surface area contributed by atoms with Crippen LogP contribution in [0.15, 0.2) is 12.2 Å². The molecule has 7 aliphatic rings. The minimum absolute atomic E-state index is 0. The van der Waals surface area contributed by atoms with Gasteiger partial charge in [0.25, 0.3) is 0 Å². The smallest absolute Gasteiger partial charge is 0.314 e. The first-order valence-electron chi connectivity index (χ1n) is 19.9. The molecule has 0 amide bonds. The van der Waals surface area contributed by atoms with Gasteiger partial charge in [-0.1, -0.05) is 19.9 Å². The van der Waals surface area contributed by atoms with Crippen LogP contribution in [0, 0.1) is 28.1 Å². The normalized spacial score (nSPS) is 52.7. The predicted molar refractivity (Wildman–Crippen MR) is 194 cm³/mol. The standard InChI is InChI=1S/C38H60O18.2H2O/c1-16-11-37-9-5-20-35(2,7-4-8-36(20,3)34(50)55-32-29(49)26(46)23(43)18(13-40)52-32)21(37)6-10-38(16,15-37)56-33-30(27(47)24(44)19(14-41)53-33)54-31-28(48)25(45)22(42)17(12-39)51-31;;/h17-33,39-49H,1,4-15H2,2-3H3;2*1H2/t17-,18-,19-,20+,21+,22-,23-,24-,25+,26+,27+,28-,29-,30-,31?,32+,33+,35-,36-,37-,38+;;/m1../s1. The van der Waals surface area contributed by atoms with E-state index >= 15 is 0 Å². The highest BCUT2D eigenvalue weighted by atomic mass is 16.8. The molecule has 1 unspecified atom stereocenters. The molecule has 336 valence electrons. The summed E-state index contributed by atoms with van der Waals surface area (Å²) < 4.78 is 35.6. The van der Waals surface area contributed by atoms with E-state index in [-0.39, 0.29) is 33.6 Å². The van der Waals surface area contributed by atoms with E-state index in [4.69, 9.17) is 28.4 Å². The van der Waals surface area contributed by atoms with Crippen LogP contribution in [0.5, 0.6) is 0 Å². The highest BCUT2D eigenvalue weighted by Gasteiger charge is 2.69. The van der Waals surface area contributed by atoms with E-state index in [2.05, 4.69) is 13.5 Å². The number of carbonyl (C=O) groups excluding carboxylic acids is 1. The van der Waals surface area contributed by atoms with E-state index in [1.165, 1.54) is 0 Å². The van der Waals surface area contributed by atoms with Crippen molar-refractivity contribution in [3.8, 4) is 0 Å². The number of esters is 1. The Hall–Kier alpha value is -1.51. The lowest BCUT2D eigenvalue weighted by molar-refractivity contribution is -0.378. The summed E-state index contributed by atoms with van der Waals surface area (Å²) in [6.45, 7) is 6.52. The second kappa shape index (κ2) is 17.3. The third kappa shape index (κ3) is 7.47. The first kappa shape index (κ1) is 47.5. The topological polar surface area (TPSA) is 358 Å². The van der Waals surface area contributed by atoms with Crippen molar-refractivity contribution < 1.29 is 100 Å². The van der Waals surface area contributed by atoms with Crippen LogP contribution in [-0.4, -0.2) is 191 Å². The van der Waals surface area contributed by atoms with Crippen molar-refractivity contribution in [1.29, 1.82) is 0 Å². The Morgan fingerprint density at radius 3 is 1.78 bits per heavy atom. The molecule has 4 aliphatic carbocycles. The molecule has 3 saturated heterocycles. The molecule has 7 rings (SSSR count). The zero-order valence-corrected chi connectivity index (χ0v) is 32.8. The van der Waals surface area contributed by atoms with Crippen molar-refractivity contribution in [2.24, 2.45) is 28.1 Å². The van der Waals surface area contributed by atoms with E-state index in [1.807, 2.05) is 6.92 Å². The maximum atomic E-state index is 14.1. The number of fused-ring (bicyclic) bond motifs is 3. The Morgan fingerprint density at radius 1 is 0.672 bits per heavy atom. The number of aliphatic hydroxyl groups is 11. The molecule has 0 aromatic carbocycles. The monoisotopic (exact) mass is 840 g/mol. The molecule has 1 spiro atoms. The van der Waals surface area contributed by atoms with Crippen LogP contribution < -0.4 is 0 Å². The molecule has 0 radical (unpaired) electrons. The summed E-state index contributed by atoms with van der Waals surface area (Å²) in [5.74, 6) is -0.591. The highest BCUT2D eigenvalue weighted by Crippen LogP contribution is 2.73. The second-order valence-electron chi connectivity index (χ2n) is 18.0. The average Bonchev–Trinajstić information content (AvgIpc) is 3.37. The number of aliphatic hydroxyl groups excluding tert-OH is 11. The number of hydrogen-bond acceptors (Lipinski definition) is 18. The summed E-state index contributed by atoms with van der Waals surface area (Å²) in [6.07, 6.45) is -17.8. The summed E-state index contributed by atoms with van der Waals surface area (Å²) in [5.41, 5.74) is -1.80. The van der Waals surface area contributed by atoms with Crippen LogP contribution >= 0.6 is 0 Å². The second-order valence-corrected chi connectivity index (χ2v) is 18.0. The third-order valence-electron chi connectivity index (χ3n) is 15.0. The molecular weight excluding hydrogens is 776 g/mol. The van der Waals surface area contributed by atoms with Gasteiger partial charge in [-0.2, -0.15) is 0 Å². The maximum Gasteiger partial charge on any atom is 0.314 e. The Morgan fingerprint density at radius 2 is 1.19 bits per heavy atom. The quantitative estimate of drug-likeness (QED) is 0.0591. The zero-order chi connectivity index (χ0) is 40.7. The largest absolute Gasteiger partial charge is 0.432 e. The van der Waals surface area contributed by atoms with Gasteiger partial charge in [-0.3, -0.25) is 4.79 Å². The first-order chi connectivity index (χ1) is 26.4. The van der Waals surface area contributed by atoms with Crippen LogP contribution in [0.3, 0.4) is 0 Å². The fourth-order valence-electron chi connectivity index (χ4n) is 12.0. The van der Waals surface area contributed by atoms with Gasteiger partial charge in [0.05, 0.1) is 30.8 Å². The van der Waals surface area contributed by atoms with E-state index in [0.717, 1.165) is 18.4 Å². The molecule has 21 atom stereocenters. The molecule has 3 heterocycles. The summed E-state index contributed by atoms with van der Waals surface area (Å²) in [4.78, 5) is 14.1. The average molecular weight is 841 g/mol. The van der Waals surface area contributed by atoms with Gasteiger partial charge in [0, 0.05) is 0 Å². The van der Waals surface area contributed by atoms with Gasteiger partial charge < -0.3 is 95.5 Å². The van der Waals surface area contributed by atoms with Crippen molar-refractivity contribution in [2.45, 2.75) is 169 Å². The van der Waals surface area contributed by atoms with E-state index in [0.29, 0.717) is 44.9 Å². The van der Waals surface area contributed by atoms with Crippen LogP contribution in [0.4, 0.5) is 0 Å². The lowest BCUT2D eigenvalue weighted by atomic mass is 9.41. The van der Waals surface area contributed by atoms with Crippen LogP contribution in [0.2, 0.25) is 0 Å². The van der Waals surface area contributed by atoms with Gasteiger partial charge in [-0.15, -0.1) is 0 Å². The molecule has 0 aromatic rings. The fourth-order valence-corrected chi connectivity index (χ4v) is 12.0. The number of carbonyl (C=O) groups is 1. The Kier molecular flexibility index (Phi) is 14.2. The Labute approximate surface area is 335 Å². The third-order valence-corrected chi connectivity index (χ3v) is 15.0. The molecular formula is C38H64O20. The fraction of sp³-hybridized carbons (Fsp3) is 0.921. The van der Waals surface area contributed by atoms with Gasteiger partial charge >= 0.3 is 5.97 Å². The Balaban J connectivity index is 0.00000320. The molecule has 0 aromatic heterocycles. The lowest BCUT2D eigenvalue weighted by Crippen LogP contribution is -2.65. The van der Waals surface area contributed by atoms with E-state index in [9.17, 15) is 61.0 Å². The summed E-state index contributed by atoms with van der Waals surface area (Å²) in [7, 11) is 0. The molecule has 58 heavy (non-hydrogen) atoms. The van der Waals surface area contributed by atoms with E-state index < -0.39 is 129 Å². The van der Waals surface area contributed by atoms with Crippen molar-refractivity contribution in [2.75, 3.05) is 19.8 Å². The number of rotatable bonds is 9. The number of hydrogen-bond donors (Lipinski definition) is 11. The summed E-state index contributed by atoms with van der Waals surface area (Å²) in [6, 6.07) is 0. The van der Waals surface area contributed by atoms with Crippen molar-refractivity contribution in [3.63, 3.8) is 0 Å². The summed E-state index contributed by atoms with van der Waals surface area (Å²) >= 11 is 0. The van der Waals surface area contributed by atoms with Crippen LogP contribution in [0.25, 0.3) is 0 Å². The minimum Gasteiger partial charge on any atom is -0.432 e. The zero-order valence-electron chi connectivity index (χ0n) is 32.8. The SMILES string of the molecule is C=C1C[C@@]23CC[C@H]4[C@@](C)(CCC[C@@]4(C)C(=O)O[C@@H]4O[C@H](CO)[C@@H](O)[C@H](O)[C@H]4O)[C@@H]2CC[C@]1(O[C@@H]1O[C@H](CO)[C@@H](O)[C@H](O)[C@H]1OC1O[C@H](CO)[C@@H](O)[C@H](O)[C@H]1O)C3.O.O. The minimum atomic E-state index is -1.81. The number of ether oxygens (including phenoxy) is 6. The van der Waals surface area contributed by atoms with Gasteiger partial charge in [0.15, 0.2) is 12.6 Å². The molecule has 7 fully saturated rings. The van der Waals surface area contributed by atoms with Crippen LogP contribution in [-0.2, 0) is 33.2 Å². The van der Waals surface area contributed by atoms with Crippen molar-refractivity contribution in [3.05, 3.63) is 12.2 Å². The first-order valence-corrected chi connectivity index (χ1v) is 19.9. The molecule has 4 saturated carbocycles. The maximum absolute atomic E-state index is 14.1. The van der Waals surface area contributed by atoms with E-state index in [1.54, 1.807) is 0 Å². The molecule has 20 nitrogen and oxygen atoms in total. The van der Waals surface area contributed by atoms with Crippen LogP contribution in [0.1, 0.15) is 71.6 Å². The highest BCUT2D eigenvalue weighted by molar-refractivity contribution is 5.77. The summed E-state index contributed by atoms with van der Waals surface area (Å²) in [5, 5.41) is 114. The van der Waals surface area contributed by atoms with Gasteiger partial charge in [-0.05, 0) is 86.5 Å². The van der Waals surface area contributed by atoms with Crippen molar-refractivity contribution in [1.82, 2.24) is 0 Å². The van der Waals surface area contributed by atoms with Gasteiger partial charge in [0.1, 0.15) is 73.2 Å². The molecule has 15 N–H and O–H groups in total. The van der Waals surface area contributed by atoms with Gasteiger partial charge in [0.2, 0.25) is 6.29 Å². The molecule has 3 aliphatic heterocycles. The molecule has 2 bridgehead atoms. The van der Waals surface area contributed by atoms with Gasteiger partial charge in [-0.25, -0.2) is 0 Å². The van der Waals surface area contributed by atoms with Crippen molar-refractivity contribution >= 4 is 5.97 Å². The Bertz CT molecular complexity index is 1450. The lowest BCUT2D eigenvalue weighted by Gasteiger charge is -2.64. The predicted octanol–water partition coefficient (Wildman–Crippen LogP) is -4.59.